The number of hydrogen-bond acceptors (Lipinski definition) is 2. The number of benzene rings is 1. The Morgan fingerprint density at radius 2 is 2.33 bits per heavy atom. The van der Waals surface area contributed by atoms with Gasteiger partial charge in [0, 0.05) is 5.56 Å². The van der Waals surface area contributed by atoms with Crippen molar-refractivity contribution in [1.29, 1.82) is 0 Å². The Morgan fingerprint density at radius 1 is 1.53 bits per heavy atom. The van der Waals surface area contributed by atoms with Crippen molar-refractivity contribution >= 4 is 17.9 Å². The number of aldehydes is 1. The summed E-state index contributed by atoms with van der Waals surface area (Å²) >= 11 is 5.44. The second-order valence-electron chi connectivity index (χ2n) is 2.74. The van der Waals surface area contributed by atoms with Crippen LogP contribution in [0.1, 0.15) is 22.8 Å². The monoisotopic (exact) mass is 222 g/mol. The maximum atomic E-state index is 10.8. The van der Waals surface area contributed by atoms with E-state index in [1.807, 2.05) is 6.92 Å². The van der Waals surface area contributed by atoms with Gasteiger partial charge in [0.15, 0.2) is 6.29 Å². The fourth-order valence-electron chi connectivity index (χ4n) is 1.14. The van der Waals surface area contributed by atoms with Gasteiger partial charge >= 0.3 is 0 Å². The zero-order valence-electron chi connectivity index (χ0n) is 8.42. The molecule has 0 spiro atoms. The molecule has 0 amide bonds. The fourth-order valence-corrected chi connectivity index (χ4v) is 1.21. The summed E-state index contributed by atoms with van der Waals surface area (Å²) in [5, 5.41) is 0. The molecule has 1 rings (SSSR count). The van der Waals surface area contributed by atoms with Crippen LogP contribution in [0.3, 0.4) is 0 Å². The van der Waals surface area contributed by atoms with E-state index in [0.29, 0.717) is 17.9 Å². The van der Waals surface area contributed by atoms with Crippen LogP contribution < -0.4 is 4.74 Å². The molecule has 0 fully saturated rings. The smallest absolute Gasteiger partial charge is 0.153 e. The van der Waals surface area contributed by atoms with E-state index in [1.165, 1.54) is 0 Å². The molecule has 0 aliphatic carbocycles. The number of rotatable bonds is 3. The van der Waals surface area contributed by atoms with Crippen LogP contribution in [-0.2, 0) is 0 Å². The number of halogens is 1. The van der Waals surface area contributed by atoms with Crippen LogP contribution in [-0.4, -0.2) is 18.8 Å². The van der Waals surface area contributed by atoms with E-state index in [0.717, 1.165) is 11.8 Å². The molecule has 0 heterocycles. The minimum Gasteiger partial charge on any atom is -0.493 e. The molecule has 0 radical (unpaired) electrons. The first kappa shape index (κ1) is 11.6. The van der Waals surface area contributed by atoms with E-state index in [2.05, 4.69) is 11.8 Å². The summed E-state index contributed by atoms with van der Waals surface area (Å²) in [5.74, 6) is 6.44. The van der Waals surface area contributed by atoms with Crippen LogP contribution in [0.5, 0.6) is 5.75 Å². The lowest BCUT2D eigenvalue weighted by Gasteiger charge is -2.05. The highest BCUT2D eigenvalue weighted by Gasteiger charge is 2.02. The van der Waals surface area contributed by atoms with Crippen molar-refractivity contribution in [3.63, 3.8) is 0 Å². The van der Waals surface area contributed by atoms with E-state index >= 15 is 0 Å². The van der Waals surface area contributed by atoms with Crippen molar-refractivity contribution in [3.8, 4) is 17.6 Å². The van der Waals surface area contributed by atoms with Gasteiger partial charge in [-0.3, -0.25) is 4.79 Å². The van der Waals surface area contributed by atoms with Crippen LogP contribution in [0.4, 0.5) is 0 Å². The normalized spacial score (nSPS) is 8.93. The summed E-state index contributed by atoms with van der Waals surface area (Å²) in [6, 6.07) is 5.24. The van der Waals surface area contributed by atoms with Gasteiger partial charge < -0.3 is 4.74 Å². The molecule has 3 heteroatoms. The van der Waals surface area contributed by atoms with E-state index in [-0.39, 0.29) is 5.88 Å². The van der Waals surface area contributed by atoms with Crippen LogP contribution in [0.25, 0.3) is 0 Å². The SMILES string of the molecule is CCOc1ccc(C#CCCl)cc1C=O. The second-order valence-corrected chi connectivity index (χ2v) is 3.01. The Labute approximate surface area is 94.2 Å². The maximum Gasteiger partial charge on any atom is 0.153 e. The summed E-state index contributed by atoms with van der Waals surface area (Å²) in [4.78, 5) is 10.8. The Morgan fingerprint density at radius 3 is 2.93 bits per heavy atom. The maximum absolute atomic E-state index is 10.8. The average molecular weight is 223 g/mol. The van der Waals surface area contributed by atoms with E-state index in [9.17, 15) is 4.79 Å². The van der Waals surface area contributed by atoms with E-state index in [4.69, 9.17) is 16.3 Å². The lowest BCUT2D eigenvalue weighted by atomic mass is 10.1. The largest absolute Gasteiger partial charge is 0.493 e. The Balaban J connectivity index is 3.01. The minimum atomic E-state index is 0.281. The zero-order valence-corrected chi connectivity index (χ0v) is 9.17. The summed E-state index contributed by atoms with van der Waals surface area (Å²) in [6.07, 6.45) is 0.761. The Bertz CT molecular complexity index is 402. The summed E-state index contributed by atoms with van der Waals surface area (Å²) < 4.78 is 5.28. The van der Waals surface area contributed by atoms with E-state index < -0.39 is 0 Å². The van der Waals surface area contributed by atoms with Crippen molar-refractivity contribution in [1.82, 2.24) is 0 Å². The van der Waals surface area contributed by atoms with Crippen molar-refractivity contribution in [3.05, 3.63) is 29.3 Å². The molecule has 0 aromatic heterocycles. The van der Waals surface area contributed by atoms with Gasteiger partial charge in [-0.15, -0.1) is 11.6 Å². The molecule has 0 saturated carbocycles. The first-order chi connectivity index (χ1) is 7.31. The number of carbonyl (C=O) groups excluding carboxylic acids is 1. The summed E-state index contributed by atoms with van der Waals surface area (Å²) in [7, 11) is 0. The Hall–Kier alpha value is -1.46. The zero-order chi connectivity index (χ0) is 11.1. The first-order valence-corrected chi connectivity index (χ1v) is 5.12. The molecule has 0 unspecified atom stereocenters. The molecule has 78 valence electrons. The van der Waals surface area contributed by atoms with Gasteiger partial charge in [-0.25, -0.2) is 0 Å². The van der Waals surface area contributed by atoms with Crippen molar-refractivity contribution in [2.45, 2.75) is 6.92 Å². The number of carbonyl (C=O) groups is 1. The molecule has 2 nitrogen and oxygen atoms in total. The third-order valence-electron chi connectivity index (χ3n) is 1.74. The third-order valence-corrected chi connectivity index (χ3v) is 1.87. The second kappa shape index (κ2) is 6.10. The molecule has 15 heavy (non-hydrogen) atoms. The molecule has 1 aromatic rings. The predicted octanol–water partition coefficient (Wildman–Crippen LogP) is 2.49. The van der Waals surface area contributed by atoms with Gasteiger partial charge in [0.2, 0.25) is 0 Å². The molecule has 0 saturated heterocycles. The van der Waals surface area contributed by atoms with Gasteiger partial charge in [0.05, 0.1) is 18.1 Å². The minimum absolute atomic E-state index is 0.281. The van der Waals surface area contributed by atoms with Gasteiger partial charge in [0.1, 0.15) is 5.75 Å². The van der Waals surface area contributed by atoms with Gasteiger partial charge in [-0.1, -0.05) is 11.8 Å². The molecular weight excluding hydrogens is 212 g/mol. The van der Waals surface area contributed by atoms with Crippen LogP contribution in [0.15, 0.2) is 18.2 Å². The molecular formula is C12H11ClO2. The summed E-state index contributed by atoms with van der Waals surface area (Å²) in [5.41, 5.74) is 1.28. The van der Waals surface area contributed by atoms with Crippen LogP contribution in [0.2, 0.25) is 0 Å². The fraction of sp³-hybridized carbons (Fsp3) is 0.250. The summed E-state index contributed by atoms with van der Waals surface area (Å²) in [6.45, 7) is 2.41. The van der Waals surface area contributed by atoms with Gasteiger partial charge in [-0.05, 0) is 25.1 Å². The standard InChI is InChI=1S/C12H11ClO2/c1-2-15-12-6-5-10(4-3-7-13)8-11(12)9-14/h5-6,8-9H,2,7H2,1H3. The highest BCUT2D eigenvalue weighted by molar-refractivity contribution is 6.19. The third kappa shape index (κ3) is 3.30. The highest BCUT2D eigenvalue weighted by atomic mass is 35.5. The average Bonchev–Trinajstić information content (AvgIpc) is 2.28. The Kier molecular flexibility index (Phi) is 4.73. The first-order valence-electron chi connectivity index (χ1n) is 4.58. The van der Waals surface area contributed by atoms with Crippen molar-refractivity contribution in [2.75, 3.05) is 12.5 Å². The van der Waals surface area contributed by atoms with Gasteiger partial charge in [-0.2, -0.15) is 0 Å². The molecule has 0 aliphatic rings. The molecule has 0 bridgehead atoms. The molecule has 0 aliphatic heterocycles. The predicted molar refractivity (Wildman–Crippen MR) is 60.6 cm³/mol. The van der Waals surface area contributed by atoms with Crippen molar-refractivity contribution < 1.29 is 9.53 Å². The lowest BCUT2D eigenvalue weighted by Crippen LogP contribution is -1.96. The number of alkyl halides is 1. The van der Waals surface area contributed by atoms with Gasteiger partial charge in [0.25, 0.3) is 0 Å². The highest BCUT2D eigenvalue weighted by Crippen LogP contribution is 2.17. The van der Waals surface area contributed by atoms with Crippen LogP contribution >= 0.6 is 11.6 Å². The van der Waals surface area contributed by atoms with Crippen LogP contribution in [0, 0.1) is 11.8 Å². The lowest BCUT2D eigenvalue weighted by molar-refractivity contribution is 0.112. The topological polar surface area (TPSA) is 26.3 Å². The molecule has 0 N–H and O–H groups in total. The van der Waals surface area contributed by atoms with E-state index in [1.54, 1.807) is 18.2 Å². The molecule has 1 aromatic carbocycles. The molecule has 0 atom stereocenters. The number of hydrogen-bond donors (Lipinski definition) is 0. The van der Waals surface area contributed by atoms with Crippen molar-refractivity contribution in [2.24, 2.45) is 0 Å². The quantitative estimate of drug-likeness (QED) is 0.446. The number of ether oxygens (including phenoxy) is 1.